The number of hydrogen-bond donors (Lipinski definition) is 0. The zero-order valence-corrected chi connectivity index (χ0v) is 25.6. The minimum absolute atomic E-state index is 0.194. The summed E-state index contributed by atoms with van der Waals surface area (Å²) in [6.07, 6.45) is 43.5. The van der Waals surface area contributed by atoms with Crippen molar-refractivity contribution in [1.29, 1.82) is 0 Å². The summed E-state index contributed by atoms with van der Waals surface area (Å²) in [5, 5.41) is 0. The van der Waals surface area contributed by atoms with E-state index in [2.05, 4.69) is 35.5 Å². The van der Waals surface area contributed by atoms with Gasteiger partial charge >= 0.3 is 0 Å². The van der Waals surface area contributed by atoms with Crippen molar-refractivity contribution in [2.24, 2.45) is 10.8 Å². The van der Waals surface area contributed by atoms with Gasteiger partial charge in [0.1, 0.15) is 39.6 Å². The molecule has 0 aromatic carbocycles. The van der Waals surface area contributed by atoms with E-state index in [0.717, 1.165) is 38.5 Å². The molecule has 8 saturated carbocycles. The van der Waals surface area contributed by atoms with Crippen LogP contribution in [-0.2, 0) is 28.4 Å². The van der Waals surface area contributed by atoms with Crippen LogP contribution in [-0.4, -0.2) is 73.2 Å². The lowest BCUT2D eigenvalue weighted by Crippen LogP contribution is -2.79. The van der Waals surface area contributed by atoms with Crippen LogP contribution in [0.25, 0.3) is 0 Å². The summed E-state index contributed by atoms with van der Waals surface area (Å²) in [4.78, 5) is 0. The van der Waals surface area contributed by atoms with Gasteiger partial charge in [-0.3, -0.25) is 0 Å². The minimum atomic E-state index is -0.569. The van der Waals surface area contributed by atoms with E-state index >= 15 is 0 Å². The first-order valence-corrected chi connectivity index (χ1v) is 15.5. The van der Waals surface area contributed by atoms with E-state index in [1.165, 1.54) is 0 Å². The molecule has 0 N–H and O–H groups in total. The smallest absolute Gasteiger partial charge is 0.108 e. The van der Waals surface area contributed by atoms with Gasteiger partial charge in [-0.25, -0.2) is 0 Å². The maximum atomic E-state index is 6.69. The average Bonchev–Trinajstić information content (AvgIpc) is 2.98. The van der Waals surface area contributed by atoms with Crippen LogP contribution in [0.3, 0.4) is 0 Å². The fourth-order valence-corrected chi connectivity index (χ4v) is 11.9. The molecule has 0 radical (unpaired) electrons. The van der Waals surface area contributed by atoms with Gasteiger partial charge < -0.3 is 28.4 Å². The Morgan fingerprint density at radius 1 is 0.295 bits per heavy atom. The van der Waals surface area contributed by atoms with E-state index in [0.29, 0.717) is 38.5 Å². The third-order valence-corrected chi connectivity index (χ3v) is 11.7. The van der Waals surface area contributed by atoms with Gasteiger partial charge in [0, 0.05) is 38.5 Å². The first-order valence-electron chi connectivity index (χ1n) is 15.5. The largest absolute Gasteiger partial charge is 0.362 e. The predicted molar refractivity (Wildman–Crippen MR) is 165 cm³/mol. The summed E-state index contributed by atoms with van der Waals surface area (Å²) in [6.45, 7) is 1.16. The van der Waals surface area contributed by atoms with Crippen molar-refractivity contribution in [2.45, 2.75) is 111 Å². The highest BCUT2D eigenvalue weighted by Crippen LogP contribution is 2.80. The Bertz CT molecular complexity index is 1120. The predicted octanol–water partition coefficient (Wildman–Crippen LogP) is 4.05. The second kappa shape index (κ2) is 10.9. The first kappa shape index (κ1) is 31.1. The summed E-state index contributed by atoms with van der Waals surface area (Å²) in [5.74, 6) is 16.2. The molecule has 8 aliphatic rings. The van der Waals surface area contributed by atoms with Crippen LogP contribution >= 0.6 is 0 Å². The van der Waals surface area contributed by atoms with Gasteiger partial charge in [0.25, 0.3) is 0 Å². The minimum Gasteiger partial charge on any atom is -0.362 e. The van der Waals surface area contributed by atoms with Crippen molar-refractivity contribution in [1.82, 2.24) is 0 Å². The van der Waals surface area contributed by atoms with E-state index in [4.69, 9.17) is 67.0 Å². The van der Waals surface area contributed by atoms with Crippen LogP contribution in [0.1, 0.15) is 77.0 Å². The standard InChI is InChI=1S/C38H42O6/c1-7-13-39-33-19-31(20-34(25-33,40-14-8-2)27-35(21-31,26-33)41-15-9-3)32-22-36(42-16-10-4)28-37(23-32,43-17-11-5)30-38(24-32,29-36)44-18-12-6/h1-6H,13-30H2. The molecule has 44 heavy (non-hydrogen) atoms. The molecule has 6 nitrogen and oxygen atoms in total. The Labute approximate surface area is 263 Å². The van der Waals surface area contributed by atoms with Crippen LogP contribution in [0, 0.1) is 84.9 Å². The molecule has 0 spiro atoms. The van der Waals surface area contributed by atoms with Crippen LogP contribution in [0.5, 0.6) is 0 Å². The Kier molecular flexibility index (Phi) is 7.69. The Balaban J connectivity index is 1.53. The van der Waals surface area contributed by atoms with Gasteiger partial charge in [-0.15, -0.1) is 38.5 Å². The number of rotatable bonds is 13. The molecular weight excluding hydrogens is 552 g/mol. The summed E-state index contributed by atoms with van der Waals surface area (Å²) in [5.41, 5.74) is -4.05. The van der Waals surface area contributed by atoms with E-state index in [1.54, 1.807) is 0 Å². The molecule has 0 aliphatic heterocycles. The Morgan fingerprint density at radius 3 is 0.591 bits per heavy atom. The van der Waals surface area contributed by atoms with Crippen molar-refractivity contribution < 1.29 is 28.4 Å². The molecule has 0 aromatic heterocycles. The normalized spacial score (nSPS) is 45.4. The van der Waals surface area contributed by atoms with Crippen LogP contribution in [0.15, 0.2) is 0 Å². The van der Waals surface area contributed by atoms with E-state index in [-0.39, 0.29) is 50.5 Å². The summed E-state index contributed by atoms with van der Waals surface area (Å²) in [7, 11) is 0. The maximum absolute atomic E-state index is 6.69. The van der Waals surface area contributed by atoms with Gasteiger partial charge in [-0.1, -0.05) is 35.5 Å². The number of ether oxygens (including phenoxy) is 6. The second-order valence-electron chi connectivity index (χ2n) is 14.7. The molecule has 0 heterocycles. The highest BCUT2D eigenvalue weighted by Gasteiger charge is 2.80. The van der Waals surface area contributed by atoms with Gasteiger partial charge in [0.05, 0.1) is 33.6 Å². The van der Waals surface area contributed by atoms with Crippen molar-refractivity contribution in [3.05, 3.63) is 0 Å². The van der Waals surface area contributed by atoms with Crippen molar-refractivity contribution in [3.63, 3.8) is 0 Å². The van der Waals surface area contributed by atoms with Crippen LogP contribution in [0.2, 0.25) is 0 Å². The molecule has 0 atom stereocenters. The SMILES string of the molecule is C#CCOC12CC3(OCC#C)CC(OCC#C)(C1)CC(C14CC5(OCC#C)CC(OCC#C)(CC(OCC#C)(C5)C1)C4)(C2)C3. The molecule has 6 heteroatoms. The van der Waals surface area contributed by atoms with Crippen LogP contribution in [0.4, 0.5) is 0 Å². The zero-order valence-electron chi connectivity index (χ0n) is 25.6. The fourth-order valence-electron chi connectivity index (χ4n) is 11.9. The lowest BCUT2D eigenvalue weighted by Gasteiger charge is -2.78. The van der Waals surface area contributed by atoms with Gasteiger partial charge in [0.2, 0.25) is 0 Å². The molecule has 0 amide bonds. The molecular formula is C38H42O6. The molecule has 230 valence electrons. The highest BCUT2D eigenvalue weighted by molar-refractivity contribution is 5.32. The fraction of sp³-hybridized carbons (Fsp3) is 0.684. The summed E-state index contributed by atoms with van der Waals surface area (Å²) in [6, 6.07) is 0. The van der Waals surface area contributed by atoms with Gasteiger partial charge in [-0.05, 0) is 49.4 Å². The molecule has 8 fully saturated rings. The third-order valence-electron chi connectivity index (χ3n) is 11.7. The summed E-state index contributed by atoms with van der Waals surface area (Å²) < 4.78 is 40.1. The van der Waals surface area contributed by atoms with Gasteiger partial charge in [-0.2, -0.15) is 0 Å². The van der Waals surface area contributed by atoms with Gasteiger partial charge in [0.15, 0.2) is 0 Å². The van der Waals surface area contributed by atoms with Crippen molar-refractivity contribution >= 4 is 0 Å². The van der Waals surface area contributed by atoms with E-state index < -0.39 is 33.6 Å². The lowest BCUT2D eigenvalue weighted by molar-refractivity contribution is -0.374. The quantitative estimate of drug-likeness (QED) is 0.300. The highest BCUT2D eigenvalue weighted by atomic mass is 16.5. The monoisotopic (exact) mass is 594 g/mol. The Hall–Kier alpha value is -2.88. The van der Waals surface area contributed by atoms with Crippen LogP contribution < -0.4 is 0 Å². The molecule has 8 bridgehead atoms. The molecule has 8 rings (SSSR count). The zero-order chi connectivity index (χ0) is 31.2. The maximum Gasteiger partial charge on any atom is 0.108 e. The van der Waals surface area contributed by atoms with E-state index in [9.17, 15) is 0 Å². The topological polar surface area (TPSA) is 55.4 Å². The number of hydrogen-bond acceptors (Lipinski definition) is 6. The lowest BCUT2D eigenvalue weighted by atomic mass is 9.31. The molecule has 0 saturated heterocycles. The first-order chi connectivity index (χ1) is 21.1. The number of terminal acetylenes is 6. The second-order valence-corrected chi connectivity index (χ2v) is 14.7. The van der Waals surface area contributed by atoms with Crippen molar-refractivity contribution in [2.75, 3.05) is 39.6 Å². The Morgan fingerprint density at radius 2 is 0.455 bits per heavy atom. The van der Waals surface area contributed by atoms with E-state index in [1.807, 2.05) is 0 Å². The summed E-state index contributed by atoms with van der Waals surface area (Å²) >= 11 is 0. The molecule has 0 unspecified atom stereocenters. The van der Waals surface area contributed by atoms with Crippen molar-refractivity contribution in [3.8, 4) is 74.1 Å². The average molecular weight is 595 g/mol. The third kappa shape index (κ3) is 4.86. The molecule has 0 aromatic rings. The molecule has 8 aliphatic carbocycles.